The topological polar surface area (TPSA) is 183 Å². The molecule has 14 nitrogen and oxygen atoms in total. The number of carbonyl (C=O) groups excluding carboxylic acids is 5. The van der Waals surface area contributed by atoms with Gasteiger partial charge in [0.05, 0.1) is 5.56 Å². The first-order valence-electron chi connectivity index (χ1n) is 13.1. The molecule has 43 heavy (non-hydrogen) atoms. The standard InChI is InChI=1S/C29H30O14/c1-13-8-20(9-21-24(35)22(42-25(13)21)10-18-6-7-19(11-30)40-18)41-29-28(39-17(5)34)27(38-16(4)33)26(37-15(3)32)23(43-29)12-36-14(2)31/h6-10,23,26-30H,11-12H2,1-5H3/b22-10-. The van der Waals surface area contributed by atoms with E-state index in [-0.39, 0.29) is 29.4 Å². The molecule has 0 aliphatic carbocycles. The average Bonchev–Trinajstić information content (AvgIpc) is 3.50. The Bertz CT molecular complexity index is 1450. The van der Waals surface area contributed by atoms with Crippen molar-refractivity contribution in [1.29, 1.82) is 0 Å². The number of furan rings is 1. The smallest absolute Gasteiger partial charge is 0.303 e. The first-order valence-corrected chi connectivity index (χ1v) is 13.1. The largest absolute Gasteiger partial charge is 0.463 e. The zero-order chi connectivity index (χ0) is 31.4. The van der Waals surface area contributed by atoms with Gasteiger partial charge in [-0.3, -0.25) is 24.0 Å². The first kappa shape index (κ1) is 31.3. The van der Waals surface area contributed by atoms with E-state index >= 15 is 0 Å². The van der Waals surface area contributed by atoms with Crippen molar-refractivity contribution in [3.05, 3.63) is 52.7 Å². The van der Waals surface area contributed by atoms with Crippen molar-refractivity contribution in [2.24, 2.45) is 0 Å². The third-order valence-corrected chi connectivity index (χ3v) is 6.24. The van der Waals surface area contributed by atoms with Crippen molar-refractivity contribution in [2.45, 2.75) is 71.9 Å². The third kappa shape index (κ3) is 7.40. The number of esters is 4. The number of hydrogen-bond acceptors (Lipinski definition) is 14. The molecule has 0 spiro atoms. The first-order chi connectivity index (χ1) is 20.4. The summed E-state index contributed by atoms with van der Waals surface area (Å²) in [6, 6.07) is 6.06. The van der Waals surface area contributed by atoms with Gasteiger partial charge in [0.2, 0.25) is 18.2 Å². The van der Waals surface area contributed by atoms with Crippen molar-refractivity contribution in [2.75, 3.05) is 6.61 Å². The summed E-state index contributed by atoms with van der Waals surface area (Å²) in [4.78, 5) is 60.8. The Morgan fingerprint density at radius 3 is 2.16 bits per heavy atom. The number of benzene rings is 1. The molecule has 1 aromatic carbocycles. The van der Waals surface area contributed by atoms with E-state index < -0.39 is 67.0 Å². The predicted molar refractivity (Wildman–Crippen MR) is 141 cm³/mol. The molecule has 1 N–H and O–H groups in total. The molecule has 3 heterocycles. The Kier molecular flexibility index (Phi) is 9.51. The van der Waals surface area contributed by atoms with E-state index in [1.807, 2.05) is 0 Å². The number of hydrogen-bond donors (Lipinski definition) is 1. The quantitative estimate of drug-likeness (QED) is 0.250. The van der Waals surface area contributed by atoms with Crippen molar-refractivity contribution >= 4 is 35.7 Å². The van der Waals surface area contributed by atoms with Crippen molar-refractivity contribution in [3.63, 3.8) is 0 Å². The lowest BCUT2D eigenvalue weighted by molar-refractivity contribution is -0.288. The van der Waals surface area contributed by atoms with Crippen LogP contribution >= 0.6 is 0 Å². The molecule has 5 atom stereocenters. The van der Waals surface area contributed by atoms with Crippen LogP contribution < -0.4 is 9.47 Å². The number of ether oxygens (including phenoxy) is 7. The molecule has 230 valence electrons. The molecule has 4 rings (SSSR count). The van der Waals surface area contributed by atoms with Gasteiger partial charge in [-0.1, -0.05) is 0 Å². The van der Waals surface area contributed by atoms with E-state index in [2.05, 4.69) is 0 Å². The van der Waals surface area contributed by atoms with Crippen molar-refractivity contribution < 1.29 is 66.7 Å². The minimum absolute atomic E-state index is 0.0265. The van der Waals surface area contributed by atoms with Crippen molar-refractivity contribution in [1.82, 2.24) is 0 Å². The Hall–Kier alpha value is -4.69. The number of rotatable bonds is 9. The maximum absolute atomic E-state index is 13.2. The second kappa shape index (κ2) is 13.1. The fraction of sp³-hybridized carbons (Fsp3) is 0.414. The van der Waals surface area contributed by atoms with Crippen LogP contribution in [0.2, 0.25) is 0 Å². The van der Waals surface area contributed by atoms with Gasteiger partial charge >= 0.3 is 23.9 Å². The Balaban J connectivity index is 1.68. The summed E-state index contributed by atoms with van der Waals surface area (Å²) >= 11 is 0. The molecule has 0 radical (unpaired) electrons. The summed E-state index contributed by atoms with van der Waals surface area (Å²) in [7, 11) is 0. The van der Waals surface area contributed by atoms with Gasteiger partial charge in [-0.05, 0) is 36.8 Å². The van der Waals surface area contributed by atoms with Crippen molar-refractivity contribution in [3.8, 4) is 11.5 Å². The van der Waals surface area contributed by atoms with Gasteiger partial charge in [0.15, 0.2) is 18.0 Å². The van der Waals surface area contributed by atoms with Crippen LogP contribution in [0.1, 0.15) is 55.1 Å². The van der Waals surface area contributed by atoms with E-state index in [0.717, 1.165) is 27.7 Å². The molecule has 14 heteroatoms. The van der Waals surface area contributed by atoms with Crippen LogP contribution in [0.15, 0.2) is 34.4 Å². The molecule has 0 saturated carbocycles. The van der Waals surface area contributed by atoms with Gasteiger partial charge in [-0.25, -0.2) is 0 Å². The van der Waals surface area contributed by atoms with E-state index in [4.69, 9.17) is 37.6 Å². The van der Waals surface area contributed by atoms with Gasteiger partial charge in [0, 0.05) is 33.8 Å². The van der Waals surface area contributed by atoms with E-state index in [1.54, 1.807) is 25.1 Å². The molecular weight excluding hydrogens is 572 g/mol. The summed E-state index contributed by atoms with van der Waals surface area (Å²) in [5, 5.41) is 9.22. The molecule has 1 aromatic heterocycles. The molecular formula is C29H30O14. The van der Waals surface area contributed by atoms with Gasteiger partial charge in [-0.15, -0.1) is 0 Å². The maximum atomic E-state index is 13.2. The normalized spacial score (nSPS) is 23.6. The van der Waals surface area contributed by atoms with Crippen LogP contribution in [-0.2, 0) is 49.5 Å². The van der Waals surface area contributed by atoms with Crippen LogP contribution in [0.25, 0.3) is 6.08 Å². The Morgan fingerprint density at radius 2 is 1.56 bits per heavy atom. The highest BCUT2D eigenvalue weighted by Gasteiger charge is 2.53. The lowest BCUT2D eigenvalue weighted by atomic mass is 9.98. The summed E-state index contributed by atoms with van der Waals surface area (Å²) in [6.07, 6.45) is -5.51. The molecule has 1 fully saturated rings. The lowest BCUT2D eigenvalue weighted by Gasteiger charge is -2.43. The fourth-order valence-corrected chi connectivity index (χ4v) is 4.60. The Morgan fingerprint density at radius 1 is 0.907 bits per heavy atom. The Labute approximate surface area is 245 Å². The van der Waals surface area contributed by atoms with E-state index in [1.165, 1.54) is 12.1 Å². The van der Waals surface area contributed by atoms with Crippen LogP contribution in [0.3, 0.4) is 0 Å². The molecule has 2 aliphatic heterocycles. The highest BCUT2D eigenvalue weighted by molar-refractivity contribution is 6.14. The number of aliphatic hydroxyl groups excluding tert-OH is 1. The second-order valence-electron chi connectivity index (χ2n) is 9.70. The molecule has 2 aromatic rings. The second-order valence-corrected chi connectivity index (χ2v) is 9.70. The van der Waals surface area contributed by atoms with E-state index in [0.29, 0.717) is 17.1 Å². The molecule has 1 saturated heterocycles. The number of fused-ring (bicyclic) bond motifs is 1. The van der Waals surface area contributed by atoms with E-state index in [9.17, 15) is 29.1 Å². The van der Waals surface area contributed by atoms with Crippen LogP contribution in [0.5, 0.6) is 11.5 Å². The minimum atomic E-state index is -1.48. The van der Waals surface area contributed by atoms with Gasteiger partial charge in [0.25, 0.3) is 0 Å². The lowest BCUT2D eigenvalue weighted by Crippen LogP contribution is -2.63. The highest BCUT2D eigenvalue weighted by Crippen LogP contribution is 2.39. The number of ketones is 1. The summed E-state index contributed by atoms with van der Waals surface area (Å²) < 4.78 is 44.5. The van der Waals surface area contributed by atoms with Gasteiger partial charge in [-0.2, -0.15) is 0 Å². The monoisotopic (exact) mass is 602 g/mol. The van der Waals surface area contributed by atoms with Crippen LogP contribution in [0, 0.1) is 6.92 Å². The SMILES string of the molecule is CC(=O)OCC1OC(Oc2cc(C)c3c(c2)C(=O)/C(=C/c2ccc(CO)o2)O3)C(OC(C)=O)C(OC(C)=O)C1OC(C)=O. The maximum Gasteiger partial charge on any atom is 0.303 e. The third-order valence-electron chi connectivity index (χ3n) is 6.24. The molecule has 2 aliphatic rings. The van der Waals surface area contributed by atoms with Gasteiger partial charge in [0.1, 0.15) is 42.3 Å². The number of carbonyl (C=O) groups is 5. The van der Waals surface area contributed by atoms with Crippen LogP contribution in [0.4, 0.5) is 0 Å². The summed E-state index contributed by atoms with van der Waals surface area (Å²) in [5.41, 5.74) is 0.659. The van der Waals surface area contributed by atoms with Crippen LogP contribution in [-0.4, -0.2) is 72.1 Å². The minimum Gasteiger partial charge on any atom is -0.463 e. The molecule has 0 amide bonds. The molecule has 5 unspecified atom stereocenters. The highest BCUT2D eigenvalue weighted by atomic mass is 16.7. The average molecular weight is 603 g/mol. The number of aliphatic hydroxyl groups is 1. The zero-order valence-electron chi connectivity index (χ0n) is 23.9. The zero-order valence-corrected chi connectivity index (χ0v) is 23.9. The summed E-state index contributed by atoms with van der Waals surface area (Å²) in [5.74, 6) is -2.53. The predicted octanol–water partition coefficient (Wildman–Crippen LogP) is 2.16. The number of allylic oxidation sites excluding steroid dienone is 1. The number of aryl methyl sites for hydroxylation is 1. The fourth-order valence-electron chi connectivity index (χ4n) is 4.60. The van der Waals surface area contributed by atoms with Gasteiger partial charge < -0.3 is 42.7 Å². The summed E-state index contributed by atoms with van der Waals surface area (Å²) in [6.45, 7) is 5.43. The number of Topliss-reactive ketones (excluding diaryl/α,β-unsaturated/α-hetero) is 1. The molecule has 0 bridgehead atoms.